The van der Waals surface area contributed by atoms with Gasteiger partial charge in [-0.1, -0.05) is 18.2 Å². The van der Waals surface area contributed by atoms with Gasteiger partial charge in [0.2, 0.25) is 0 Å². The third-order valence-electron chi connectivity index (χ3n) is 4.86. The van der Waals surface area contributed by atoms with Crippen molar-refractivity contribution < 1.29 is 9.53 Å². The number of amides is 1. The first-order valence-corrected chi connectivity index (χ1v) is 9.77. The number of anilines is 1. The third-order valence-corrected chi connectivity index (χ3v) is 4.86. The summed E-state index contributed by atoms with van der Waals surface area (Å²) < 4.78 is 7.05. The van der Waals surface area contributed by atoms with Crippen LogP contribution in [0.1, 0.15) is 31.1 Å². The van der Waals surface area contributed by atoms with Crippen molar-refractivity contribution in [3.63, 3.8) is 0 Å². The molecule has 0 aliphatic rings. The molecule has 0 N–H and O–H groups in total. The first-order chi connectivity index (χ1) is 14.4. The lowest BCUT2D eigenvalue weighted by atomic mass is 10.0. The monoisotopic (exact) mass is 400 g/mol. The molecular weight excluding hydrogens is 376 g/mol. The second-order valence-corrected chi connectivity index (χ2v) is 8.01. The predicted molar refractivity (Wildman–Crippen MR) is 118 cm³/mol. The zero-order valence-corrected chi connectivity index (χ0v) is 17.5. The summed E-state index contributed by atoms with van der Waals surface area (Å²) in [6.45, 7) is 6.01. The molecular formula is C24H24N4O2. The summed E-state index contributed by atoms with van der Waals surface area (Å²) in [5.41, 5.74) is 2.61. The number of methoxy groups -OCH3 is 1. The molecule has 30 heavy (non-hydrogen) atoms. The number of hydrogen-bond donors (Lipinski definition) is 0. The van der Waals surface area contributed by atoms with E-state index in [4.69, 9.17) is 9.72 Å². The SMILES string of the molecule is COc1ccc(-c2cc(N(C(=O)c3ccccc3)C(C)(C)C)nc3ccnn23)cc1. The van der Waals surface area contributed by atoms with E-state index in [0.29, 0.717) is 17.0 Å². The summed E-state index contributed by atoms with van der Waals surface area (Å²) in [6.07, 6.45) is 1.71. The van der Waals surface area contributed by atoms with Crippen LogP contribution in [0, 0.1) is 0 Å². The summed E-state index contributed by atoms with van der Waals surface area (Å²) in [7, 11) is 1.64. The number of aromatic nitrogens is 3. The third kappa shape index (κ3) is 3.64. The van der Waals surface area contributed by atoms with E-state index in [-0.39, 0.29) is 5.91 Å². The maximum absolute atomic E-state index is 13.4. The van der Waals surface area contributed by atoms with Crippen LogP contribution in [-0.4, -0.2) is 33.2 Å². The van der Waals surface area contributed by atoms with Gasteiger partial charge < -0.3 is 4.74 Å². The van der Waals surface area contributed by atoms with Crippen molar-refractivity contribution >= 4 is 17.4 Å². The molecule has 0 aliphatic heterocycles. The molecule has 4 rings (SSSR count). The predicted octanol–water partition coefficient (Wildman–Crippen LogP) is 4.85. The Labute approximate surface area is 175 Å². The molecule has 0 fully saturated rings. The van der Waals surface area contributed by atoms with Crippen LogP contribution in [0.3, 0.4) is 0 Å². The fourth-order valence-electron chi connectivity index (χ4n) is 3.44. The first kappa shape index (κ1) is 19.6. The van der Waals surface area contributed by atoms with Crippen LogP contribution in [0.2, 0.25) is 0 Å². The zero-order chi connectivity index (χ0) is 21.3. The lowest BCUT2D eigenvalue weighted by molar-refractivity contribution is 0.0965. The number of ether oxygens (including phenoxy) is 1. The van der Waals surface area contributed by atoms with Gasteiger partial charge in [-0.3, -0.25) is 9.69 Å². The Morgan fingerprint density at radius 3 is 2.33 bits per heavy atom. The van der Waals surface area contributed by atoms with Crippen LogP contribution in [-0.2, 0) is 0 Å². The summed E-state index contributed by atoms with van der Waals surface area (Å²) in [6, 6.07) is 20.8. The Kier molecular flexibility index (Phi) is 4.99. The Hall–Kier alpha value is -3.67. The molecule has 4 aromatic rings. The molecule has 0 unspecified atom stereocenters. The highest BCUT2D eigenvalue weighted by Gasteiger charge is 2.31. The highest BCUT2D eigenvalue weighted by Crippen LogP contribution is 2.30. The van der Waals surface area contributed by atoms with Gasteiger partial charge in [0.05, 0.1) is 19.0 Å². The van der Waals surface area contributed by atoms with Crippen molar-refractivity contribution in [2.24, 2.45) is 0 Å². The molecule has 152 valence electrons. The van der Waals surface area contributed by atoms with Gasteiger partial charge >= 0.3 is 0 Å². The Balaban J connectivity index is 1.88. The zero-order valence-electron chi connectivity index (χ0n) is 17.5. The van der Waals surface area contributed by atoms with E-state index in [1.165, 1.54) is 0 Å². The van der Waals surface area contributed by atoms with Gasteiger partial charge in [0, 0.05) is 28.8 Å². The molecule has 0 radical (unpaired) electrons. The van der Waals surface area contributed by atoms with E-state index in [2.05, 4.69) is 5.10 Å². The van der Waals surface area contributed by atoms with Crippen molar-refractivity contribution in [1.82, 2.24) is 14.6 Å². The van der Waals surface area contributed by atoms with E-state index in [1.54, 1.807) is 22.7 Å². The lowest BCUT2D eigenvalue weighted by Gasteiger charge is -2.35. The van der Waals surface area contributed by atoms with Crippen LogP contribution in [0.25, 0.3) is 16.9 Å². The lowest BCUT2D eigenvalue weighted by Crippen LogP contribution is -2.46. The number of hydrogen-bond acceptors (Lipinski definition) is 4. The average Bonchev–Trinajstić information content (AvgIpc) is 3.21. The smallest absolute Gasteiger partial charge is 0.259 e. The molecule has 0 saturated carbocycles. The normalized spacial score (nSPS) is 11.5. The molecule has 0 spiro atoms. The van der Waals surface area contributed by atoms with Crippen molar-refractivity contribution in [2.45, 2.75) is 26.3 Å². The molecule has 6 nitrogen and oxygen atoms in total. The number of carbonyl (C=O) groups excluding carboxylic acids is 1. The number of carbonyl (C=O) groups is 1. The number of nitrogens with zero attached hydrogens (tertiary/aromatic N) is 4. The molecule has 2 aromatic carbocycles. The first-order valence-electron chi connectivity index (χ1n) is 9.77. The van der Waals surface area contributed by atoms with Crippen LogP contribution in [0.4, 0.5) is 5.82 Å². The van der Waals surface area contributed by atoms with Gasteiger partial charge in [-0.15, -0.1) is 0 Å². The fraction of sp³-hybridized carbons (Fsp3) is 0.208. The summed E-state index contributed by atoms with van der Waals surface area (Å²) >= 11 is 0. The summed E-state index contributed by atoms with van der Waals surface area (Å²) in [4.78, 5) is 19.9. The number of benzene rings is 2. The molecule has 1 amide bonds. The minimum atomic E-state index is -0.477. The Morgan fingerprint density at radius 2 is 1.70 bits per heavy atom. The molecule has 0 bridgehead atoms. The Morgan fingerprint density at radius 1 is 1.00 bits per heavy atom. The summed E-state index contributed by atoms with van der Waals surface area (Å²) in [5.74, 6) is 1.26. The standard InChI is InChI=1S/C24H24N4O2/c1-24(2,3)27(23(29)18-8-6-5-7-9-18)22-16-20(28-21(26-22)14-15-25-28)17-10-12-19(30-4)13-11-17/h5-16H,1-4H3. The van der Waals surface area contributed by atoms with Crippen LogP contribution < -0.4 is 9.64 Å². The largest absolute Gasteiger partial charge is 0.497 e. The number of rotatable bonds is 4. The van der Waals surface area contributed by atoms with Gasteiger partial charge in [0.25, 0.3) is 5.91 Å². The van der Waals surface area contributed by atoms with Crippen molar-refractivity contribution in [3.8, 4) is 17.0 Å². The van der Waals surface area contributed by atoms with Crippen molar-refractivity contribution in [3.05, 3.63) is 78.5 Å². The van der Waals surface area contributed by atoms with E-state index in [9.17, 15) is 4.79 Å². The second kappa shape index (κ2) is 7.63. The highest BCUT2D eigenvalue weighted by molar-refractivity contribution is 6.06. The highest BCUT2D eigenvalue weighted by atomic mass is 16.5. The molecule has 0 aliphatic carbocycles. The molecule has 0 saturated heterocycles. The fourth-order valence-corrected chi connectivity index (χ4v) is 3.44. The molecule has 0 atom stereocenters. The minimum absolute atomic E-state index is 0.0971. The van der Waals surface area contributed by atoms with Gasteiger partial charge in [0.1, 0.15) is 11.6 Å². The maximum atomic E-state index is 13.4. The van der Waals surface area contributed by atoms with E-state index in [1.807, 2.05) is 87.5 Å². The van der Waals surface area contributed by atoms with E-state index < -0.39 is 5.54 Å². The van der Waals surface area contributed by atoms with Gasteiger partial charge in [-0.05, 0) is 57.2 Å². The van der Waals surface area contributed by atoms with E-state index >= 15 is 0 Å². The van der Waals surface area contributed by atoms with E-state index in [0.717, 1.165) is 17.0 Å². The van der Waals surface area contributed by atoms with Gasteiger partial charge in [-0.2, -0.15) is 5.10 Å². The van der Waals surface area contributed by atoms with Crippen LogP contribution in [0.5, 0.6) is 5.75 Å². The van der Waals surface area contributed by atoms with Crippen LogP contribution >= 0.6 is 0 Å². The quantitative estimate of drug-likeness (QED) is 0.491. The average molecular weight is 400 g/mol. The molecule has 2 aromatic heterocycles. The summed E-state index contributed by atoms with van der Waals surface area (Å²) in [5, 5.41) is 4.42. The molecule has 6 heteroatoms. The topological polar surface area (TPSA) is 59.7 Å². The maximum Gasteiger partial charge on any atom is 0.259 e. The minimum Gasteiger partial charge on any atom is -0.497 e. The second-order valence-electron chi connectivity index (χ2n) is 8.01. The Bertz CT molecular complexity index is 1180. The molecule has 2 heterocycles. The van der Waals surface area contributed by atoms with Gasteiger partial charge in [-0.25, -0.2) is 9.50 Å². The van der Waals surface area contributed by atoms with Crippen molar-refractivity contribution in [1.29, 1.82) is 0 Å². The van der Waals surface area contributed by atoms with Gasteiger partial charge in [0.15, 0.2) is 5.65 Å². The van der Waals surface area contributed by atoms with Crippen LogP contribution in [0.15, 0.2) is 72.9 Å². The van der Waals surface area contributed by atoms with Crippen molar-refractivity contribution in [2.75, 3.05) is 12.0 Å². The number of fused-ring (bicyclic) bond motifs is 1.